The number of hydrogen-bond acceptors (Lipinski definition) is 3. The third-order valence-electron chi connectivity index (χ3n) is 4.76. The van der Waals surface area contributed by atoms with E-state index in [0.717, 1.165) is 39.5 Å². The first-order valence-electron chi connectivity index (χ1n) is 9.31. The van der Waals surface area contributed by atoms with E-state index in [2.05, 4.69) is 22.4 Å². The summed E-state index contributed by atoms with van der Waals surface area (Å²) in [6.45, 7) is 0. The van der Waals surface area contributed by atoms with Gasteiger partial charge in [-0.1, -0.05) is 72.3 Å². The number of rotatable bonds is 4. The molecule has 0 fully saturated rings. The van der Waals surface area contributed by atoms with E-state index < -0.39 is 0 Å². The van der Waals surface area contributed by atoms with Gasteiger partial charge in [-0.05, 0) is 35.9 Å². The molecule has 2 aromatic heterocycles. The summed E-state index contributed by atoms with van der Waals surface area (Å²) in [6, 6.07) is 29.9. The van der Waals surface area contributed by atoms with Crippen molar-refractivity contribution in [3.63, 3.8) is 0 Å². The van der Waals surface area contributed by atoms with E-state index in [-0.39, 0.29) is 0 Å². The lowest BCUT2D eigenvalue weighted by Gasteiger charge is -2.06. The lowest BCUT2D eigenvalue weighted by molar-refractivity contribution is 0.951. The van der Waals surface area contributed by atoms with E-state index in [9.17, 15) is 0 Å². The van der Waals surface area contributed by atoms with Crippen LogP contribution in [0.5, 0.6) is 0 Å². The van der Waals surface area contributed by atoms with Crippen molar-refractivity contribution in [2.45, 2.75) is 0 Å². The van der Waals surface area contributed by atoms with Crippen molar-refractivity contribution in [2.75, 3.05) is 5.32 Å². The normalized spacial score (nSPS) is 10.9. The lowest BCUT2D eigenvalue weighted by atomic mass is 10.1. The summed E-state index contributed by atoms with van der Waals surface area (Å²) in [5.74, 6) is 0.760. The van der Waals surface area contributed by atoms with Crippen LogP contribution in [0, 0.1) is 0 Å². The Labute approximate surface area is 173 Å². The van der Waals surface area contributed by atoms with Gasteiger partial charge in [0.15, 0.2) is 11.5 Å². The highest BCUT2D eigenvalue weighted by Gasteiger charge is 2.18. The van der Waals surface area contributed by atoms with Crippen molar-refractivity contribution >= 4 is 28.8 Å². The van der Waals surface area contributed by atoms with Gasteiger partial charge in [0.25, 0.3) is 0 Å². The Morgan fingerprint density at radius 1 is 0.724 bits per heavy atom. The van der Waals surface area contributed by atoms with E-state index in [0.29, 0.717) is 5.02 Å². The Balaban J connectivity index is 1.74. The summed E-state index contributed by atoms with van der Waals surface area (Å²) in [5, 5.41) is 9.05. The molecule has 2 heterocycles. The van der Waals surface area contributed by atoms with Crippen LogP contribution >= 0.6 is 11.6 Å². The molecule has 5 aromatic rings. The van der Waals surface area contributed by atoms with Crippen LogP contribution in [0.15, 0.2) is 97.2 Å². The van der Waals surface area contributed by atoms with Crippen LogP contribution < -0.4 is 5.32 Å². The molecule has 0 atom stereocenters. The largest absolute Gasteiger partial charge is 0.338 e. The number of aromatic nitrogens is 3. The van der Waals surface area contributed by atoms with Crippen molar-refractivity contribution in [1.29, 1.82) is 0 Å². The van der Waals surface area contributed by atoms with Crippen LogP contribution in [0.3, 0.4) is 0 Å². The second-order valence-electron chi connectivity index (χ2n) is 6.65. The summed E-state index contributed by atoms with van der Waals surface area (Å²) in [6.07, 6.45) is 1.82. The summed E-state index contributed by atoms with van der Waals surface area (Å²) < 4.78 is 1.89. The highest BCUT2D eigenvalue weighted by Crippen LogP contribution is 2.35. The molecule has 0 saturated heterocycles. The molecule has 3 aromatic carbocycles. The van der Waals surface area contributed by atoms with Crippen LogP contribution in [0.4, 0.5) is 11.5 Å². The Morgan fingerprint density at radius 3 is 2.14 bits per heavy atom. The van der Waals surface area contributed by atoms with E-state index in [1.54, 1.807) is 0 Å². The number of hydrogen-bond donors (Lipinski definition) is 1. The Morgan fingerprint density at radius 2 is 1.41 bits per heavy atom. The minimum absolute atomic E-state index is 0.705. The maximum Gasteiger partial charge on any atom is 0.165 e. The molecule has 0 aliphatic carbocycles. The molecular weight excluding hydrogens is 380 g/mol. The number of benzene rings is 3. The molecule has 0 aliphatic heterocycles. The van der Waals surface area contributed by atoms with Gasteiger partial charge in [0.05, 0.1) is 11.3 Å². The van der Waals surface area contributed by atoms with Crippen LogP contribution in [0.25, 0.3) is 28.0 Å². The fraction of sp³-hybridized carbons (Fsp3) is 0. The minimum atomic E-state index is 0.705. The van der Waals surface area contributed by atoms with Crippen LogP contribution in [0.1, 0.15) is 0 Å². The van der Waals surface area contributed by atoms with Crippen LogP contribution in [-0.2, 0) is 0 Å². The number of nitrogens with zero attached hydrogens (tertiary/aromatic N) is 3. The van der Waals surface area contributed by atoms with Crippen molar-refractivity contribution in [1.82, 2.24) is 14.6 Å². The Kier molecular flexibility index (Phi) is 4.47. The Bertz CT molecular complexity index is 1260. The highest BCUT2D eigenvalue weighted by atomic mass is 35.5. The van der Waals surface area contributed by atoms with Crippen molar-refractivity contribution in [3.8, 4) is 22.4 Å². The highest BCUT2D eigenvalue weighted by molar-refractivity contribution is 6.30. The number of nitrogens with one attached hydrogen (secondary N) is 1. The van der Waals surface area contributed by atoms with E-state index >= 15 is 0 Å². The smallest absolute Gasteiger partial charge is 0.165 e. The van der Waals surface area contributed by atoms with Crippen molar-refractivity contribution in [3.05, 3.63) is 102 Å². The monoisotopic (exact) mass is 396 g/mol. The lowest BCUT2D eigenvalue weighted by Crippen LogP contribution is -1.96. The first-order valence-corrected chi connectivity index (χ1v) is 9.68. The molecule has 0 aliphatic rings. The predicted molar refractivity (Wildman–Crippen MR) is 119 cm³/mol. The molecule has 0 spiro atoms. The Hall–Kier alpha value is -3.63. The number of halogens is 1. The topological polar surface area (TPSA) is 42.2 Å². The molecule has 0 saturated carbocycles. The molecule has 0 amide bonds. The third kappa shape index (κ3) is 3.35. The van der Waals surface area contributed by atoms with Gasteiger partial charge in [-0.25, -0.2) is 9.50 Å². The molecule has 0 radical (unpaired) electrons. The summed E-state index contributed by atoms with van der Waals surface area (Å²) in [5.41, 5.74) is 5.76. The third-order valence-corrected chi connectivity index (χ3v) is 5.01. The first-order chi connectivity index (χ1) is 14.3. The van der Waals surface area contributed by atoms with Gasteiger partial charge in [0.2, 0.25) is 0 Å². The standard InChI is InChI=1S/C24H17ClN4/c25-19-13-11-17(12-14-19)21-15-16-26-24-22(18-7-3-1-4-8-18)23(28-29(21)24)27-20-9-5-2-6-10-20/h1-16H,(H,27,28). The molecule has 0 unspecified atom stereocenters. The first kappa shape index (κ1) is 17.5. The SMILES string of the molecule is Clc1ccc(-c2ccnc3c(-c4ccccc4)c(Nc4ccccc4)nn23)cc1. The molecule has 0 bridgehead atoms. The molecule has 1 N–H and O–H groups in total. The van der Waals surface area contributed by atoms with E-state index in [1.165, 1.54) is 0 Å². The van der Waals surface area contributed by atoms with Gasteiger partial charge in [-0.3, -0.25) is 0 Å². The zero-order chi connectivity index (χ0) is 19.6. The number of fused-ring (bicyclic) bond motifs is 1. The average molecular weight is 397 g/mol. The minimum Gasteiger partial charge on any atom is -0.338 e. The molecular formula is C24H17ClN4. The second-order valence-corrected chi connectivity index (χ2v) is 7.09. The number of para-hydroxylation sites is 1. The van der Waals surface area contributed by atoms with Crippen molar-refractivity contribution < 1.29 is 0 Å². The summed E-state index contributed by atoms with van der Waals surface area (Å²) in [4.78, 5) is 4.66. The van der Waals surface area contributed by atoms with Gasteiger partial charge < -0.3 is 5.32 Å². The summed E-state index contributed by atoms with van der Waals surface area (Å²) in [7, 11) is 0. The molecule has 140 valence electrons. The molecule has 5 heteroatoms. The fourth-order valence-corrected chi connectivity index (χ4v) is 3.53. The second kappa shape index (κ2) is 7.41. The van der Waals surface area contributed by atoms with Crippen LogP contribution in [-0.4, -0.2) is 14.6 Å². The van der Waals surface area contributed by atoms with Gasteiger partial charge in [0.1, 0.15) is 0 Å². The molecule has 29 heavy (non-hydrogen) atoms. The maximum absolute atomic E-state index is 6.07. The molecule has 4 nitrogen and oxygen atoms in total. The summed E-state index contributed by atoms with van der Waals surface area (Å²) >= 11 is 6.07. The van der Waals surface area contributed by atoms with Gasteiger partial charge in [-0.15, -0.1) is 5.10 Å². The van der Waals surface area contributed by atoms with Crippen molar-refractivity contribution in [2.24, 2.45) is 0 Å². The fourth-order valence-electron chi connectivity index (χ4n) is 3.40. The van der Waals surface area contributed by atoms with Gasteiger partial charge in [-0.2, -0.15) is 0 Å². The van der Waals surface area contributed by atoms with E-state index in [4.69, 9.17) is 16.7 Å². The number of anilines is 2. The van der Waals surface area contributed by atoms with Crippen LogP contribution in [0.2, 0.25) is 5.02 Å². The predicted octanol–water partition coefficient (Wildman–Crippen LogP) is 6.46. The average Bonchev–Trinajstić information content (AvgIpc) is 3.13. The molecule has 5 rings (SSSR count). The van der Waals surface area contributed by atoms with Gasteiger partial charge >= 0.3 is 0 Å². The quantitative estimate of drug-likeness (QED) is 0.379. The zero-order valence-electron chi connectivity index (χ0n) is 15.5. The zero-order valence-corrected chi connectivity index (χ0v) is 16.2. The van der Waals surface area contributed by atoms with E-state index in [1.807, 2.05) is 89.6 Å². The van der Waals surface area contributed by atoms with Gasteiger partial charge in [0, 0.05) is 22.5 Å². The maximum atomic E-state index is 6.07.